The lowest BCUT2D eigenvalue weighted by Gasteiger charge is -2.34. The third-order valence-electron chi connectivity index (χ3n) is 7.41. The predicted molar refractivity (Wildman–Crippen MR) is 151 cm³/mol. The number of carbonyl (C=O) groups excluding carboxylic acids is 2. The van der Waals surface area contributed by atoms with Crippen molar-refractivity contribution in [3.05, 3.63) is 71.5 Å². The highest BCUT2D eigenvalue weighted by Crippen LogP contribution is 2.28. The van der Waals surface area contributed by atoms with E-state index in [0.29, 0.717) is 35.4 Å². The Morgan fingerprint density at radius 1 is 1.05 bits per heavy atom. The second-order valence-electron chi connectivity index (χ2n) is 10.0. The zero-order valence-corrected chi connectivity index (χ0v) is 22.2. The first-order chi connectivity index (χ1) is 19.0. The van der Waals surface area contributed by atoms with Gasteiger partial charge in [-0.25, -0.2) is 9.97 Å². The quantitative estimate of drug-likeness (QED) is 0.350. The molecule has 204 valence electrons. The number of aromatic nitrogens is 2. The Kier molecular flexibility index (Phi) is 8.21. The normalized spacial score (nSPS) is 17.9. The summed E-state index contributed by atoms with van der Waals surface area (Å²) >= 11 is 0. The van der Waals surface area contributed by atoms with Crippen LogP contribution in [0.5, 0.6) is 5.75 Å². The number of ether oxygens (including phenoxy) is 1. The van der Waals surface area contributed by atoms with E-state index in [1.165, 1.54) is 5.56 Å². The van der Waals surface area contributed by atoms with Crippen LogP contribution in [0, 0.1) is 0 Å². The zero-order chi connectivity index (χ0) is 27.2. The number of primary amides is 1. The SMILES string of the molecule is COc1ccc(C(=O)N[C@@H]2CCCN(c3cnc(C(N)=O)c(Nc4ccc(C5CCNCC5)cc4)n3)C2)cc1. The summed E-state index contributed by atoms with van der Waals surface area (Å²) in [5.74, 6) is 1.43. The number of anilines is 3. The van der Waals surface area contributed by atoms with E-state index < -0.39 is 5.91 Å². The number of nitrogens with zero attached hydrogens (tertiary/aromatic N) is 3. The Morgan fingerprint density at radius 3 is 2.49 bits per heavy atom. The summed E-state index contributed by atoms with van der Waals surface area (Å²) in [5, 5.41) is 9.77. The molecule has 2 fully saturated rings. The molecule has 3 aromatic rings. The van der Waals surface area contributed by atoms with Gasteiger partial charge in [0.25, 0.3) is 11.8 Å². The smallest absolute Gasteiger partial charge is 0.271 e. The topological polar surface area (TPSA) is 134 Å². The van der Waals surface area contributed by atoms with Gasteiger partial charge in [-0.3, -0.25) is 9.59 Å². The molecule has 3 heterocycles. The van der Waals surface area contributed by atoms with Gasteiger partial charge in [-0.1, -0.05) is 12.1 Å². The van der Waals surface area contributed by atoms with Crippen molar-refractivity contribution in [3.63, 3.8) is 0 Å². The van der Waals surface area contributed by atoms with Gasteiger partial charge in [-0.2, -0.15) is 0 Å². The number of piperidine rings is 2. The average Bonchev–Trinajstić information content (AvgIpc) is 2.98. The van der Waals surface area contributed by atoms with E-state index in [9.17, 15) is 9.59 Å². The fourth-order valence-electron chi connectivity index (χ4n) is 5.24. The maximum atomic E-state index is 12.8. The second kappa shape index (κ2) is 12.1. The highest BCUT2D eigenvalue weighted by molar-refractivity contribution is 5.96. The molecule has 0 unspecified atom stereocenters. The number of amides is 2. The Morgan fingerprint density at radius 2 is 1.79 bits per heavy atom. The molecule has 0 saturated carbocycles. The summed E-state index contributed by atoms with van der Waals surface area (Å²) in [5.41, 5.74) is 8.40. The molecule has 2 aliphatic rings. The van der Waals surface area contributed by atoms with Crippen LogP contribution >= 0.6 is 0 Å². The van der Waals surface area contributed by atoms with Crippen LogP contribution in [0.25, 0.3) is 0 Å². The molecule has 2 aliphatic heterocycles. The molecule has 2 aromatic carbocycles. The Balaban J connectivity index is 1.28. The highest BCUT2D eigenvalue weighted by Gasteiger charge is 2.25. The van der Waals surface area contributed by atoms with E-state index in [1.807, 2.05) is 12.1 Å². The van der Waals surface area contributed by atoms with E-state index in [1.54, 1.807) is 37.6 Å². The van der Waals surface area contributed by atoms with Crippen LogP contribution in [0.15, 0.2) is 54.7 Å². The molecule has 10 heteroatoms. The van der Waals surface area contributed by atoms with Crippen molar-refractivity contribution in [3.8, 4) is 5.75 Å². The van der Waals surface area contributed by atoms with Crippen LogP contribution in [0.2, 0.25) is 0 Å². The molecule has 0 spiro atoms. The van der Waals surface area contributed by atoms with Crippen molar-refractivity contribution in [2.45, 2.75) is 37.6 Å². The third kappa shape index (κ3) is 6.46. The Bertz CT molecular complexity index is 1290. The van der Waals surface area contributed by atoms with Crippen molar-refractivity contribution in [2.75, 3.05) is 43.5 Å². The molecule has 39 heavy (non-hydrogen) atoms. The number of rotatable bonds is 8. The number of nitrogens with one attached hydrogen (secondary N) is 3. The van der Waals surface area contributed by atoms with Gasteiger partial charge in [0, 0.05) is 30.4 Å². The van der Waals surface area contributed by atoms with Gasteiger partial charge in [0.2, 0.25) is 0 Å². The van der Waals surface area contributed by atoms with Gasteiger partial charge in [0.1, 0.15) is 11.6 Å². The lowest BCUT2D eigenvalue weighted by molar-refractivity contribution is 0.0931. The summed E-state index contributed by atoms with van der Waals surface area (Å²) in [7, 11) is 1.59. The number of methoxy groups -OCH3 is 1. The van der Waals surface area contributed by atoms with Crippen molar-refractivity contribution < 1.29 is 14.3 Å². The van der Waals surface area contributed by atoms with Crippen molar-refractivity contribution in [1.29, 1.82) is 0 Å². The first kappa shape index (κ1) is 26.4. The Hall–Kier alpha value is -4.18. The summed E-state index contributed by atoms with van der Waals surface area (Å²) in [6.45, 7) is 3.43. The molecule has 1 atom stereocenters. The standard InChI is InChI=1S/C29H35N7O3/c1-39-24-10-6-21(7-11-24)29(38)34-23-3-2-16-36(18-23)25-17-32-26(27(30)37)28(35-25)33-22-8-4-19(5-9-22)20-12-14-31-15-13-20/h4-11,17,20,23,31H,2-3,12-16,18H2,1H3,(H2,30,37)(H,33,35)(H,34,38)/t23-/m1/s1. The molecule has 5 rings (SSSR count). The van der Waals surface area contributed by atoms with Crippen LogP contribution in [-0.4, -0.2) is 61.1 Å². The average molecular weight is 530 g/mol. The van der Waals surface area contributed by atoms with E-state index in [-0.39, 0.29) is 17.6 Å². The predicted octanol–water partition coefficient (Wildman–Crippen LogP) is 3.19. The molecule has 2 saturated heterocycles. The summed E-state index contributed by atoms with van der Waals surface area (Å²) < 4.78 is 5.18. The fourth-order valence-corrected chi connectivity index (χ4v) is 5.24. The maximum Gasteiger partial charge on any atom is 0.271 e. The second-order valence-corrected chi connectivity index (χ2v) is 10.0. The van der Waals surface area contributed by atoms with Gasteiger partial charge in [0.15, 0.2) is 11.5 Å². The van der Waals surface area contributed by atoms with Crippen molar-refractivity contribution in [2.24, 2.45) is 5.73 Å². The number of nitrogens with two attached hydrogens (primary N) is 1. The number of hydrogen-bond acceptors (Lipinski definition) is 8. The lowest BCUT2D eigenvalue weighted by Crippen LogP contribution is -2.48. The number of benzene rings is 2. The minimum atomic E-state index is -0.647. The molecule has 0 aliphatic carbocycles. The molecule has 2 amide bonds. The zero-order valence-electron chi connectivity index (χ0n) is 22.2. The molecule has 5 N–H and O–H groups in total. The molecular formula is C29H35N7O3. The minimum Gasteiger partial charge on any atom is -0.497 e. The first-order valence-electron chi connectivity index (χ1n) is 13.4. The molecule has 1 aromatic heterocycles. The van der Waals surface area contributed by atoms with Gasteiger partial charge in [-0.05, 0) is 86.7 Å². The maximum absolute atomic E-state index is 12.8. The van der Waals surface area contributed by atoms with Gasteiger partial charge in [-0.15, -0.1) is 0 Å². The minimum absolute atomic E-state index is 0.0510. The van der Waals surface area contributed by atoms with Crippen LogP contribution in [-0.2, 0) is 0 Å². The van der Waals surface area contributed by atoms with Crippen LogP contribution in [0.4, 0.5) is 17.3 Å². The summed E-state index contributed by atoms with van der Waals surface area (Å²) in [4.78, 5) is 36.1. The summed E-state index contributed by atoms with van der Waals surface area (Å²) in [6.07, 6.45) is 5.57. The monoisotopic (exact) mass is 529 g/mol. The molecule has 0 bridgehead atoms. The third-order valence-corrected chi connectivity index (χ3v) is 7.41. The molecule has 10 nitrogen and oxygen atoms in total. The van der Waals surface area contributed by atoms with Gasteiger partial charge < -0.3 is 31.3 Å². The van der Waals surface area contributed by atoms with Crippen molar-refractivity contribution in [1.82, 2.24) is 20.6 Å². The van der Waals surface area contributed by atoms with Gasteiger partial charge >= 0.3 is 0 Å². The van der Waals surface area contributed by atoms with E-state index in [4.69, 9.17) is 15.5 Å². The van der Waals surface area contributed by atoms with Crippen LogP contribution in [0.3, 0.4) is 0 Å². The van der Waals surface area contributed by atoms with E-state index >= 15 is 0 Å². The lowest BCUT2D eigenvalue weighted by atomic mass is 9.90. The number of hydrogen-bond donors (Lipinski definition) is 4. The first-order valence-corrected chi connectivity index (χ1v) is 13.4. The van der Waals surface area contributed by atoms with Crippen molar-refractivity contribution >= 4 is 29.1 Å². The van der Waals surface area contributed by atoms with E-state index in [2.05, 4.69) is 38.0 Å². The van der Waals surface area contributed by atoms with Gasteiger partial charge in [0.05, 0.1) is 13.3 Å². The number of carbonyl (C=O) groups is 2. The highest BCUT2D eigenvalue weighted by atomic mass is 16.5. The fraction of sp³-hybridized carbons (Fsp3) is 0.379. The van der Waals surface area contributed by atoms with E-state index in [0.717, 1.165) is 51.0 Å². The van der Waals surface area contributed by atoms with Crippen LogP contribution in [0.1, 0.15) is 58.0 Å². The van der Waals surface area contributed by atoms with Crippen LogP contribution < -0.4 is 31.3 Å². The summed E-state index contributed by atoms with van der Waals surface area (Å²) in [6, 6.07) is 15.2. The Labute approximate surface area is 228 Å². The molecule has 0 radical (unpaired) electrons. The molecular weight excluding hydrogens is 494 g/mol. The largest absolute Gasteiger partial charge is 0.497 e.